The van der Waals surface area contributed by atoms with Crippen molar-refractivity contribution in [3.8, 4) is 0 Å². The van der Waals surface area contributed by atoms with Crippen LogP contribution in [0.2, 0.25) is 0 Å². The summed E-state index contributed by atoms with van der Waals surface area (Å²) in [6.07, 6.45) is 5.24. The first-order chi connectivity index (χ1) is 5.72. The van der Waals surface area contributed by atoms with E-state index in [9.17, 15) is 4.79 Å². The van der Waals surface area contributed by atoms with Gasteiger partial charge >= 0.3 is 0 Å². The molecular formula is C9H16BrNO. The Hall–Kier alpha value is -0.0500. The molecule has 1 N–H and O–H groups in total. The molecule has 0 aromatic heterocycles. The molecule has 1 amide bonds. The summed E-state index contributed by atoms with van der Waals surface area (Å²) in [6, 6.07) is 0.436. The molecule has 0 bridgehead atoms. The average Bonchev–Trinajstić information content (AvgIpc) is 2.09. The van der Waals surface area contributed by atoms with Gasteiger partial charge in [0.2, 0.25) is 5.91 Å². The molecule has 1 fully saturated rings. The van der Waals surface area contributed by atoms with Gasteiger partial charge in [-0.2, -0.15) is 0 Å². The van der Waals surface area contributed by atoms with E-state index in [-0.39, 0.29) is 5.91 Å². The molecule has 0 radical (unpaired) electrons. The molecule has 1 aliphatic rings. The third kappa shape index (κ3) is 3.13. The van der Waals surface area contributed by atoms with Crippen molar-refractivity contribution in [1.82, 2.24) is 5.32 Å². The lowest BCUT2D eigenvalue weighted by atomic mass is 9.95. The van der Waals surface area contributed by atoms with Crippen molar-refractivity contribution in [3.05, 3.63) is 0 Å². The minimum Gasteiger partial charge on any atom is -0.353 e. The third-order valence-electron chi connectivity index (χ3n) is 2.34. The second-order valence-electron chi connectivity index (χ2n) is 3.37. The monoisotopic (exact) mass is 233 g/mol. The van der Waals surface area contributed by atoms with E-state index >= 15 is 0 Å². The van der Waals surface area contributed by atoms with E-state index in [1.54, 1.807) is 0 Å². The van der Waals surface area contributed by atoms with Crippen LogP contribution in [0.1, 0.15) is 39.0 Å². The van der Waals surface area contributed by atoms with Gasteiger partial charge in [-0.05, 0) is 25.7 Å². The van der Waals surface area contributed by atoms with Crippen molar-refractivity contribution in [2.75, 3.05) is 0 Å². The van der Waals surface area contributed by atoms with Crippen molar-refractivity contribution in [2.24, 2.45) is 0 Å². The highest BCUT2D eigenvalue weighted by atomic mass is 79.9. The molecule has 0 saturated heterocycles. The van der Waals surface area contributed by atoms with Crippen LogP contribution < -0.4 is 5.32 Å². The van der Waals surface area contributed by atoms with Crippen molar-refractivity contribution >= 4 is 21.8 Å². The van der Waals surface area contributed by atoms with Crippen LogP contribution in [-0.2, 0) is 4.79 Å². The normalized spacial score (nSPS) is 29.8. The predicted molar refractivity (Wildman–Crippen MR) is 53.4 cm³/mol. The number of nitrogens with one attached hydrogen (secondary N) is 1. The molecule has 3 heteroatoms. The molecule has 0 aromatic carbocycles. The van der Waals surface area contributed by atoms with Gasteiger partial charge in [0.15, 0.2) is 0 Å². The first-order valence-electron chi connectivity index (χ1n) is 4.65. The number of carbonyl (C=O) groups is 1. The second-order valence-corrected chi connectivity index (χ2v) is 4.66. The minimum absolute atomic E-state index is 0.188. The van der Waals surface area contributed by atoms with Crippen molar-refractivity contribution in [2.45, 2.75) is 49.9 Å². The highest BCUT2D eigenvalue weighted by Gasteiger charge is 2.19. The first-order valence-corrected chi connectivity index (χ1v) is 5.57. The van der Waals surface area contributed by atoms with Crippen LogP contribution in [-0.4, -0.2) is 16.8 Å². The molecule has 0 aliphatic heterocycles. The van der Waals surface area contributed by atoms with Gasteiger partial charge < -0.3 is 5.32 Å². The van der Waals surface area contributed by atoms with E-state index < -0.39 is 0 Å². The van der Waals surface area contributed by atoms with E-state index in [4.69, 9.17) is 0 Å². The summed E-state index contributed by atoms with van der Waals surface area (Å²) < 4.78 is 0. The molecule has 70 valence electrons. The number of hydrogen-bond donors (Lipinski definition) is 1. The predicted octanol–water partition coefficient (Wildman–Crippen LogP) is 2.22. The SMILES string of the molecule is CCC(=O)NC1CCC(Br)CC1. The lowest BCUT2D eigenvalue weighted by molar-refractivity contribution is -0.121. The molecule has 0 aromatic rings. The number of carbonyl (C=O) groups excluding carboxylic acids is 1. The minimum atomic E-state index is 0.188. The number of halogens is 1. The molecule has 2 nitrogen and oxygen atoms in total. The Kier molecular flexibility index (Phi) is 4.06. The summed E-state index contributed by atoms with van der Waals surface area (Å²) in [5.74, 6) is 0.188. The van der Waals surface area contributed by atoms with Gasteiger partial charge in [0, 0.05) is 17.3 Å². The van der Waals surface area contributed by atoms with Crippen LogP contribution in [0.25, 0.3) is 0 Å². The Bertz CT molecular complexity index is 153. The summed E-state index contributed by atoms with van der Waals surface area (Å²) in [7, 11) is 0. The van der Waals surface area contributed by atoms with Gasteiger partial charge in [0.25, 0.3) is 0 Å². The molecule has 1 rings (SSSR count). The largest absolute Gasteiger partial charge is 0.353 e. The number of alkyl halides is 1. The van der Waals surface area contributed by atoms with Crippen LogP contribution in [0, 0.1) is 0 Å². The van der Waals surface area contributed by atoms with E-state index in [0.29, 0.717) is 17.3 Å². The van der Waals surface area contributed by atoms with E-state index in [1.807, 2.05) is 6.92 Å². The summed E-state index contributed by atoms with van der Waals surface area (Å²) in [6.45, 7) is 1.89. The van der Waals surface area contributed by atoms with Gasteiger partial charge in [0.05, 0.1) is 0 Å². The summed E-state index contributed by atoms with van der Waals surface area (Å²) in [5, 5.41) is 3.03. The number of amides is 1. The zero-order valence-electron chi connectivity index (χ0n) is 7.48. The summed E-state index contributed by atoms with van der Waals surface area (Å²) in [5.41, 5.74) is 0. The van der Waals surface area contributed by atoms with Gasteiger partial charge in [-0.15, -0.1) is 0 Å². The molecule has 0 heterocycles. The Morgan fingerprint density at radius 1 is 1.42 bits per heavy atom. The molecule has 0 spiro atoms. The zero-order valence-corrected chi connectivity index (χ0v) is 9.06. The Labute approximate surface area is 82.2 Å². The lowest BCUT2D eigenvalue weighted by Gasteiger charge is -2.25. The quantitative estimate of drug-likeness (QED) is 0.729. The van der Waals surface area contributed by atoms with Crippen LogP contribution in [0.15, 0.2) is 0 Å². The fraction of sp³-hybridized carbons (Fsp3) is 0.889. The molecule has 1 aliphatic carbocycles. The average molecular weight is 234 g/mol. The van der Waals surface area contributed by atoms with E-state index in [2.05, 4.69) is 21.2 Å². The Morgan fingerprint density at radius 3 is 2.50 bits per heavy atom. The van der Waals surface area contributed by atoms with Gasteiger partial charge in [-0.1, -0.05) is 22.9 Å². The smallest absolute Gasteiger partial charge is 0.219 e. The van der Waals surface area contributed by atoms with Gasteiger partial charge in [0.1, 0.15) is 0 Å². The van der Waals surface area contributed by atoms with Crippen LogP contribution in [0.4, 0.5) is 0 Å². The first kappa shape index (κ1) is 10.0. The molecule has 0 unspecified atom stereocenters. The fourth-order valence-electron chi connectivity index (χ4n) is 1.53. The van der Waals surface area contributed by atoms with Crippen molar-refractivity contribution in [3.63, 3.8) is 0 Å². The van der Waals surface area contributed by atoms with Crippen molar-refractivity contribution in [1.29, 1.82) is 0 Å². The van der Waals surface area contributed by atoms with Crippen molar-refractivity contribution < 1.29 is 4.79 Å². The lowest BCUT2D eigenvalue weighted by Crippen LogP contribution is -2.37. The maximum Gasteiger partial charge on any atom is 0.219 e. The zero-order chi connectivity index (χ0) is 8.97. The molecular weight excluding hydrogens is 218 g/mol. The van der Waals surface area contributed by atoms with Gasteiger partial charge in [-0.25, -0.2) is 0 Å². The summed E-state index contributed by atoms with van der Waals surface area (Å²) in [4.78, 5) is 11.7. The maximum atomic E-state index is 11.0. The van der Waals surface area contributed by atoms with Crippen LogP contribution in [0.3, 0.4) is 0 Å². The molecule has 0 atom stereocenters. The number of hydrogen-bond acceptors (Lipinski definition) is 1. The van der Waals surface area contributed by atoms with Crippen LogP contribution >= 0.6 is 15.9 Å². The Balaban J connectivity index is 2.21. The Morgan fingerprint density at radius 2 is 2.00 bits per heavy atom. The molecule has 1 saturated carbocycles. The van der Waals surface area contributed by atoms with E-state index in [1.165, 1.54) is 12.8 Å². The topological polar surface area (TPSA) is 29.1 Å². The summed E-state index contributed by atoms with van der Waals surface area (Å²) >= 11 is 3.59. The molecule has 12 heavy (non-hydrogen) atoms. The number of rotatable bonds is 2. The second kappa shape index (κ2) is 4.85. The fourth-order valence-corrected chi connectivity index (χ4v) is 2.06. The van der Waals surface area contributed by atoms with Crippen LogP contribution in [0.5, 0.6) is 0 Å². The van der Waals surface area contributed by atoms with Gasteiger partial charge in [-0.3, -0.25) is 4.79 Å². The maximum absolute atomic E-state index is 11.0. The van der Waals surface area contributed by atoms with E-state index in [0.717, 1.165) is 12.8 Å². The highest BCUT2D eigenvalue weighted by molar-refractivity contribution is 9.09. The third-order valence-corrected chi connectivity index (χ3v) is 3.26. The standard InChI is InChI=1S/C9H16BrNO/c1-2-9(12)11-8-5-3-7(10)4-6-8/h7-8H,2-6H2,1H3,(H,11,12). The highest BCUT2D eigenvalue weighted by Crippen LogP contribution is 2.24.